The largest absolute Gasteiger partial charge is 0.271 e. The van der Waals surface area contributed by atoms with Gasteiger partial charge in [-0.1, -0.05) is 12.1 Å². The molecule has 0 saturated heterocycles. The van der Waals surface area contributed by atoms with Gasteiger partial charge >= 0.3 is 0 Å². The van der Waals surface area contributed by atoms with E-state index in [1.807, 2.05) is 12.1 Å². The first kappa shape index (κ1) is 13.6. The summed E-state index contributed by atoms with van der Waals surface area (Å²) in [6.45, 7) is 0. The van der Waals surface area contributed by atoms with Crippen LogP contribution in [0, 0.1) is 11.6 Å². The van der Waals surface area contributed by atoms with Gasteiger partial charge in [0.25, 0.3) is 0 Å². The predicted molar refractivity (Wildman–Crippen MR) is 69.0 cm³/mol. The number of benzene rings is 1. The molecule has 1 aromatic heterocycles. The summed E-state index contributed by atoms with van der Waals surface area (Å²) in [5, 5.41) is 0. The second-order valence-corrected chi connectivity index (χ2v) is 4.26. The van der Waals surface area contributed by atoms with Crippen LogP contribution in [0.4, 0.5) is 8.78 Å². The Labute approximate surface area is 110 Å². The Bertz CT molecular complexity index is 531. The maximum absolute atomic E-state index is 13.7. The van der Waals surface area contributed by atoms with Gasteiger partial charge in [-0.2, -0.15) is 0 Å². The molecule has 0 spiro atoms. The lowest BCUT2D eigenvalue weighted by atomic mass is 9.99. The maximum Gasteiger partial charge on any atom is 0.163 e. The molecule has 0 radical (unpaired) electrons. The van der Waals surface area contributed by atoms with Crippen molar-refractivity contribution < 1.29 is 8.78 Å². The van der Waals surface area contributed by atoms with Gasteiger partial charge in [0.15, 0.2) is 11.6 Å². The van der Waals surface area contributed by atoms with Crippen LogP contribution in [0.5, 0.6) is 0 Å². The molecule has 1 heterocycles. The topological polar surface area (TPSA) is 50.9 Å². The number of rotatable bonds is 5. The molecule has 1 unspecified atom stereocenters. The van der Waals surface area contributed by atoms with Crippen LogP contribution in [0.2, 0.25) is 0 Å². The van der Waals surface area contributed by atoms with Crippen molar-refractivity contribution in [3.05, 3.63) is 65.5 Å². The molecule has 0 aliphatic rings. The van der Waals surface area contributed by atoms with E-state index < -0.39 is 17.7 Å². The number of aromatic nitrogens is 1. The zero-order chi connectivity index (χ0) is 13.7. The molecule has 3 nitrogen and oxygen atoms in total. The SMILES string of the molecule is NNC(CCc1ccncc1)c1cccc(F)c1F. The van der Waals surface area contributed by atoms with Crippen LogP contribution in [0.3, 0.4) is 0 Å². The third-order valence-electron chi connectivity index (χ3n) is 3.03. The summed E-state index contributed by atoms with van der Waals surface area (Å²) in [5.74, 6) is 3.73. The Morgan fingerprint density at radius 1 is 1.16 bits per heavy atom. The van der Waals surface area contributed by atoms with Crippen LogP contribution < -0.4 is 11.3 Å². The van der Waals surface area contributed by atoms with Crippen molar-refractivity contribution in [2.45, 2.75) is 18.9 Å². The Hall–Kier alpha value is -1.85. The molecule has 0 amide bonds. The number of nitrogens with zero attached hydrogens (tertiary/aromatic N) is 1. The van der Waals surface area contributed by atoms with Gasteiger partial charge in [0.2, 0.25) is 0 Å². The monoisotopic (exact) mass is 263 g/mol. The van der Waals surface area contributed by atoms with Gasteiger partial charge in [-0.25, -0.2) is 8.78 Å². The van der Waals surface area contributed by atoms with Crippen molar-refractivity contribution >= 4 is 0 Å². The number of nitrogens with one attached hydrogen (secondary N) is 1. The van der Waals surface area contributed by atoms with E-state index in [4.69, 9.17) is 5.84 Å². The van der Waals surface area contributed by atoms with E-state index in [1.54, 1.807) is 12.4 Å². The van der Waals surface area contributed by atoms with E-state index in [9.17, 15) is 8.78 Å². The first-order valence-corrected chi connectivity index (χ1v) is 6.01. The molecule has 3 N–H and O–H groups in total. The van der Waals surface area contributed by atoms with Crippen LogP contribution in [-0.2, 0) is 6.42 Å². The van der Waals surface area contributed by atoms with Crippen molar-refractivity contribution in [3.63, 3.8) is 0 Å². The second-order valence-electron chi connectivity index (χ2n) is 4.26. The van der Waals surface area contributed by atoms with Gasteiger partial charge < -0.3 is 0 Å². The highest BCUT2D eigenvalue weighted by atomic mass is 19.2. The van der Waals surface area contributed by atoms with Gasteiger partial charge in [-0.3, -0.25) is 16.3 Å². The van der Waals surface area contributed by atoms with Crippen molar-refractivity contribution in [1.82, 2.24) is 10.4 Å². The minimum Gasteiger partial charge on any atom is -0.271 e. The minimum absolute atomic E-state index is 0.247. The van der Waals surface area contributed by atoms with E-state index in [-0.39, 0.29) is 5.56 Å². The lowest BCUT2D eigenvalue weighted by Crippen LogP contribution is -2.29. The zero-order valence-electron chi connectivity index (χ0n) is 10.3. The van der Waals surface area contributed by atoms with Crippen molar-refractivity contribution in [1.29, 1.82) is 0 Å². The molecule has 1 aromatic carbocycles. The van der Waals surface area contributed by atoms with Crippen molar-refractivity contribution in [2.75, 3.05) is 0 Å². The normalized spacial score (nSPS) is 12.4. The molecular formula is C14H15F2N3. The molecule has 0 aliphatic heterocycles. The highest BCUT2D eigenvalue weighted by molar-refractivity contribution is 5.23. The summed E-state index contributed by atoms with van der Waals surface area (Å²) in [6.07, 6.45) is 4.67. The van der Waals surface area contributed by atoms with Gasteiger partial charge in [-0.15, -0.1) is 0 Å². The molecule has 100 valence electrons. The number of pyridine rings is 1. The smallest absolute Gasteiger partial charge is 0.163 e. The first-order valence-electron chi connectivity index (χ1n) is 6.01. The maximum atomic E-state index is 13.7. The molecule has 1 atom stereocenters. The molecule has 19 heavy (non-hydrogen) atoms. The van der Waals surface area contributed by atoms with Gasteiger partial charge in [0, 0.05) is 24.0 Å². The number of hydrazine groups is 1. The molecule has 0 fully saturated rings. The second kappa shape index (κ2) is 6.36. The summed E-state index contributed by atoms with van der Waals surface area (Å²) < 4.78 is 26.9. The molecule has 0 saturated carbocycles. The van der Waals surface area contributed by atoms with Crippen LogP contribution in [-0.4, -0.2) is 4.98 Å². The fraction of sp³-hybridized carbons (Fsp3) is 0.214. The average molecular weight is 263 g/mol. The lowest BCUT2D eigenvalue weighted by Gasteiger charge is -2.17. The highest BCUT2D eigenvalue weighted by Crippen LogP contribution is 2.22. The van der Waals surface area contributed by atoms with Crippen LogP contribution in [0.25, 0.3) is 0 Å². The van der Waals surface area contributed by atoms with Gasteiger partial charge in [0.05, 0.1) is 0 Å². The van der Waals surface area contributed by atoms with Crippen molar-refractivity contribution in [2.24, 2.45) is 5.84 Å². The first-order chi connectivity index (χ1) is 9.22. The third kappa shape index (κ3) is 3.33. The number of halogens is 2. The standard InChI is InChI=1S/C14H15F2N3/c15-12-3-1-2-11(14(12)16)13(19-17)5-4-10-6-8-18-9-7-10/h1-3,6-9,13,19H,4-5,17H2. The van der Waals surface area contributed by atoms with E-state index >= 15 is 0 Å². The summed E-state index contributed by atoms with van der Waals surface area (Å²) in [7, 11) is 0. The molecule has 5 heteroatoms. The Morgan fingerprint density at radius 3 is 2.58 bits per heavy atom. The average Bonchev–Trinajstić information content (AvgIpc) is 2.45. The number of aryl methyl sites for hydroxylation is 1. The number of hydrogen-bond donors (Lipinski definition) is 2. The minimum atomic E-state index is -0.860. The van der Waals surface area contributed by atoms with Gasteiger partial charge in [0.1, 0.15) is 0 Å². The molecule has 0 bridgehead atoms. The van der Waals surface area contributed by atoms with Gasteiger partial charge in [-0.05, 0) is 36.6 Å². The highest BCUT2D eigenvalue weighted by Gasteiger charge is 2.16. The summed E-state index contributed by atoms with van der Waals surface area (Å²) in [4.78, 5) is 3.93. The molecular weight excluding hydrogens is 248 g/mol. The summed E-state index contributed by atoms with van der Waals surface area (Å²) in [6, 6.07) is 7.45. The van der Waals surface area contributed by atoms with Crippen molar-refractivity contribution in [3.8, 4) is 0 Å². The van der Waals surface area contributed by atoms with Crippen LogP contribution >= 0.6 is 0 Å². The Kier molecular flexibility index (Phi) is 4.54. The van der Waals surface area contributed by atoms with E-state index in [2.05, 4.69) is 10.4 Å². The molecule has 2 aromatic rings. The third-order valence-corrected chi connectivity index (χ3v) is 3.03. The zero-order valence-corrected chi connectivity index (χ0v) is 10.3. The van der Waals surface area contributed by atoms with E-state index in [0.717, 1.165) is 11.6 Å². The predicted octanol–water partition coefficient (Wildman–Crippen LogP) is 2.50. The fourth-order valence-electron chi connectivity index (χ4n) is 1.98. The Morgan fingerprint density at radius 2 is 1.89 bits per heavy atom. The number of nitrogens with two attached hydrogens (primary N) is 1. The van der Waals surface area contributed by atoms with Crippen LogP contribution in [0.15, 0.2) is 42.7 Å². The number of hydrogen-bond acceptors (Lipinski definition) is 3. The summed E-state index contributed by atoms with van der Waals surface area (Å²) in [5.41, 5.74) is 3.86. The van der Waals surface area contributed by atoms with Crippen LogP contribution in [0.1, 0.15) is 23.6 Å². The molecule has 0 aliphatic carbocycles. The molecule has 2 rings (SSSR count). The quantitative estimate of drug-likeness (QED) is 0.643. The fourth-order valence-corrected chi connectivity index (χ4v) is 1.98. The Balaban J connectivity index is 2.10. The van der Waals surface area contributed by atoms with E-state index in [0.29, 0.717) is 12.8 Å². The lowest BCUT2D eigenvalue weighted by molar-refractivity contribution is 0.452. The van der Waals surface area contributed by atoms with E-state index in [1.165, 1.54) is 12.1 Å². The summed E-state index contributed by atoms with van der Waals surface area (Å²) >= 11 is 0.